The number of anilines is 1. The van der Waals surface area contributed by atoms with Crippen molar-refractivity contribution < 1.29 is 38.4 Å². The molecule has 1 aliphatic heterocycles. The van der Waals surface area contributed by atoms with Crippen molar-refractivity contribution in [3.63, 3.8) is 0 Å². The Labute approximate surface area is 248 Å². The number of hydrogen-bond acceptors (Lipinski definition) is 9. The first-order chi connectivity index (χ1) is 20.4. The van der Waals surface area contributed by atoms with Gasteiger partial charge in [0.15, 0.2) is 0 Å². The highest BCUT2D eigenvalue weighted by Gasteiger charge is 2.50. The molecule has 3 N–H and O–H groups in total. The summed E-state index contributed by atoms with van der Waals surface area (Å²) in [5, 5.41) is 24.4. The molecule has 0 bridgehead atoms. The topological polar surface area (TPSA) is 137 Å². The van der Waals surface area contributed by atoms with E-state index in [9.17, 15) is 19.8 Å². The fraction of sp³-hybridized carbons (Fsp3) is 0.333. The Bertz CT molecular complexity index is 1730. The molecule has 43 heavy (non-hydrogen) atoms. The lowest BCUT2D eigenvalue weighted by Gasteiger charge is -2.46. The van der Waals surface area contributed by atoms with Crippen LogP contribution in [0.25, 0.3) is 22.1 Å². The molecule has 10 heteroatoms. The average Bonchev–Trinajstić information content (AvgIpc) is 2.98. The van der Waals surface area contributed by atoms with Gasteiger partial charge in [-0.2, -0.15) is 0 Å². The van der Waals surface area contributed by atoms with E-state index >= 15 is 0 Å². The van der Waals surface area contributed by atoms with Crippen molar-refractivity contribution in [3.05, 3.63) is 87.8 Å². The van der Waals surface area contributed by atoms with Gasteiger partial charge < -0.3 is 38.9 Å². The van der Waals surface area contributed by atoms with Crippen molar-refractivity contribution in [2.24, 2.45) is 0 Å². The molecule has 10 nitrogen and oxygen atoms in total. The Morgan fingerprint density at radius 2 is 1.65 bits per heavy atom. The van der Waals surface area contributed by atoms with E-state index in [0.717, 1.165) is 16.7 Å². The minimum Gasteiger partial charge on any atom is -0.496 e. The highest BCUT2D eigenvalue weighted by atomic mass is 16.7. The maximum Gasteiger partial charge on any atom is 0.360 e. The molecule has 1 fully saturated rings. The molecular formula is C33H35NO9. The Kier molecular flexibility index (Phi) is 8.31. The lowest BCUT2D eigenvalue weighted by molar-refractivity contribution is -0.306. The monoisotopic (exact) mass is 589 g/mol. The van der Waals surface area contributed by atoms with Crippen LogP contribution in [0.15, 0.2) is 69.9 Å². The number of rotatable bonds is 7. The minimum absolute atomic E-state index is 0.0275. The summed E-state index contributed by atoms with van der Waals surface area (Å²) in [5.74, 6) is 0.421. The van der Waals surface area contributed by atoms with E-state index in [-0.39, 0.29) is 17.0 Å². The van der Waals surface area contributed by atoms with Crippen LogP contribution in [0.4, 0.5) is 5.69 Å². The number of ether oxygens (including phenoxy) is 4. The zero-order valence-corrected chi connectivity index (χ0v) is 24.8. The van der Waals surface area contributed by atoms with E-state index in [1.807, 2.05) is 31.2 Å². The van der Waals surface area contributed by atoms with Gasteiger partial charge in [0.2, 0.25) is 6.29 Å². The summed E-state index contributed by atoms with van der Waals surface area (Å²) in [6.45, 7) is 7.12. The van der Waals surface area contributed by atoms with Gasteiger partial charge in [-0.05, 0) is 75.2 Å². The third-order valence-corrected chi connectivity index (χ3v) is 7.79. The van der Waals surface area contributed by atoms with Crippen LogP contribution in [0.1, 0.15) is 35.3 Å². The Hall–Kier alpha value is -4.22. The molecule has 226 valence electrons. The zero-order valence-electron chi connectivity index (χ0n) is 24.8. The van der Waals surface area contributed by atoms with Crippen LogP contribution in [0.5, 0.6) is 11.5 Å². The maximum absolute atomic E-state index is 13.2. The first kappa shape index (κ1) is 30.2. The summed E-state index contributed by atoms with van der Waals surface area (Å²) in [6, 6.07) is 17.7. The van der Waals surface area contributed by atoms with Crippen molar-refractivity contribution in [3.8, 4) is 22.6 Å². The van der Waals surface area contributed by atoms with Crippen molar-refractivity contribution in [1.29, 1.82) is 0 Å². The second kappa shape index (κ2) is 11.8. The van der Waals surface area contributed by atoms with E-state index in [1.165, 1.54) is 13.2 Å². The van der Waals surface area contributed by atoms with Crippen molar-refractivity contribution >= 4 is 22.6 Å². The third kappa shape index (κ3) is 5.74. The van der Waals surface area contributed by atoms with Crippen molar-refractivity contribution in [2.75, 3.05) is 19.5 Å². The standard InChI is InChI=1S/C33H35NO9/c1-17-9-7-8-10-21(17)22-15-20(12-14-25(22)39-5)30(37)34-23-16-19-11-13-24(18(2)28(19)42-31(23)38)41-32-27(36)26(35)29(40-6)33(3,4)43-32/h7-16,26-27,29,32,35-36H,1-6H3,(H,34,37)/t26-,27+,29+,32+/m0/s1. The van der Waals surface area contributed by atoms with Gasteiger partial charge in [0.25, 0.3) is 5.91 Å². The Morgan fingerprint density at radius 3 is 2.35 bits per heavy atom. The summed E-state index contributed by atoms with van der Waals surface area (Å²) < 4.78 is 28.3. The quantitative estimate of drug-likeness (QED) is 0.265. The van der Waals surface area contributed by atoms with Crippen LogP contribution in [-0.2, 0) is 9.47 Å². The molecule has 2 heterocycles. The number of aliphatic hydroxyl groups is 2. The van der Waals surface area contributed by atoms with Gasteiger partial charge >= 0.3 is 5.63 Å². The summed E-state index contributed by atoms with van der Waals surface area (Å²) >= 11 is 0. The van der Waals surface area contributed by atoms with Gasteiger partial charge in [-0.15, -0.1) is 0 Å². The van der Waals surface area contributed by atoms with E-state index in [0.29, 0.717) is 22.3 Å². The fourth-order valence-electron chi connectivity index (χ4n) is 5.48. The molecule has 3 aromatic carbocycles. The molecule has 0 aliphatic carbocycles. The van der Waals surface area contributed by atoms with E-state index in [4.69, 9.17) is 23.4 Å². The number of benzene rings is 3. The van der Waals surface area contributed by atoms with Crippen LogP contribution in [0.2, 0.25) is 0 Å². The molecular weight excluding hydrogens is 554 g/mol. The number of methoxy groups -OCH3 is 2. The molecule has 4 aromatic rings. The van der Waals surface area contributed by atoms with Gasteiger partial charge in [-0.1, -0.05) is 24.3 Å². The molecule has 0 spiro atoms. The number of aryl methyl sites for hydroxylation is 2. The van der Waals surface area contributed by atoms with E-state index in [1.54, 1.807) is 58.2 Å². The lowest BCUT2D eigenvalue weighted by Crippen LogP contribution is -2.63. The SMILES string of the molecule is COc1ccc(C(=O)Nc2cc3ccc(O[C@@H]4OC(C)(C)[C@H](OC)[C@@H](O)[C@H]4O)c(C)c3oc2=O)cc1-c1ccccc1C. The van der Waals surface area contributed by atoms with Crippen LogP contribution in [-0.4, -0.2) is 60.5 Å². The minimum atomic E-state index is -1.39. The van der Waals surface area contributed by atoms with Crippen molar-refractivity contribution in [2.45, 2.75) is 57.9 Å². The lowest BCUT2D eigenvalue weighted by atomic mass is 9.89. The van der Waals surface area contributed by atoms with Gasteiger partial charge in [0, 0.05) is 29.2 Å². The average molecular weight is 590 g/mol. The number of carbonyl (C=O) groups excluding carboxylic acids is 1. The van der Waals surface area contributed by atoms with E-state index < -0.39 is 41.7 Å². The Balaban J connectivity index is 1.40. The molecule has 0 saturated carbocycles. The number of hydrogen-bond donors (Lipinski definition) is 3. The molecule has 1 aliphatic rings. The predicted octanol–water partition coefficient (Wildman–Crippen LogP) is 4.59. The number of aliphatic hydroxyl groups excluding tert-OH is 2. The molecule has 0 unspecified atom stereocenters. The largest absolute Gasteiger partial charge is 0.496 e. The van der Waals surface area contributed by atoms with Crippen LogP contribution in [0, 0.1) is 13.8 Å². The normalized spacial score (nSPS) is 21.4. The number of fused-ring (bicyclic) bond motifs is 1. The summed E-state index contributed by atoms with van der Waals surface area (Å²) in [4.78, 5) is 26.2. The first-order valence-electron chi connectivity index (χ1n) is 13.8. The zero-order chi connectivity index (χ0) is 31.1. The molecule has 4 atom stereocenters. The maximum atomic E-state index is 13.2. The third-order valence-electron chi connectivity index (χ3n) is 7.79. The molecule has 0 radical (unpaired) electrons. The summed E-state index contributed by atoms with van der Waals surface area (Å²) in [7, 11) is 3.00. The van der Waals surface area contributed by atoms with Crippen LogP contribution >= 0.6 is 0 Å². The predicted molar refractivity (Wildman–Crippen MR) is 161 cm³/mol. The molecule has 5 rings (SSSR count). The number of carbonyl (C=O) groups is 1. The second-order valence-corrected chi connectivity index (χ2v) is 11.1. The molecule has 1 saturated heterocycles. The number of nitrogens with one attached hydrogen (secondary N) is 1. The van der Waals surface area contributed by atoms with Gasteiger partial charge in [-0.3, -0.25) is 4.79 Å². The highest BCUT2D eigenvalue weighted by Crippen LogP contribution is 2.36. The summed E-state index contributed by atoms with van der Waals surface area (Å²) in [6.07, 6.45) is -4.60. The van der Waals surface area contributed by atoms with Crippen LogP contribution < -0.4 is 20.4 Å². The van der Waals surface area contributed by atoms with Crippen LogP contribution in [0.3, 0.4) is 0 Å². The van der Waals surface area contributed by atoms with Crippen molar-refractivity contribution in [1.82, 2.24) is 0 Å². The fourth-order valence-corrected chi connectivity index (χ4v) is 5.48. The summed E-state index contributed by atoms with van der Waals surface area (Å²) in [5.41, 5.74) is 2.03. The highest BCUT2D eigenvalue weighted by molar-refractivity contribution is 6.06. The molecule has 1 aromatic heterocycles. The van der Waals surface area contributed by atoms with Gasteiger partial charge in [0.05, 0.1) is 12.7 Å². The second-order valence-electron chi connectivity index (χ2n) is 11.1. The van der Waals surface area contributed by atoms with Gasteiger partial charge in [-0.25, -0.2) is 4.79 Å². The molecule has 1 amide bonds. The Morgan fingerprint density at radius 1 is 0.930 bits per heavy atom. The van der Waals surface area contributed by atoms with E-state index in [2.05, 4.69) is 5.32 Å². The first-order valence-corrected chi connectivity index (χ1v) is 13.8. The smallest absolute Gasteiger partial charge is 0.360 e. The number of amides is 1. The van der Waals surface area contributed by atoms with Gasteiger partial charge in [0.1, 0.15) is 41.1 Å².